The number of unbranched alkanes of at least 4 members (excludes halogenated alkanes) is 1. The highest BCUT2D eigenvalue weighted by Crippen LogP contribution is 2.40. The summed E-state index contributed by atoms with van der Waals surface area (Å²) in [6.07, 6.45) is 7.41. The molecule has 7 heteroatoms. The van der Waals surface area contributed by atoms with Gasteiger partial charge in [0.05, 0.1) is 21.3 Å². The Bertz CT molecular complexity index is 1310. The van der Waals surface area contributed by atoms with Crippen LogP contribution in [0.1, 0.15) is 66.0 Å². The zero-order chi connectivity index (χ0) is 30.8. The van der Waals surface area contributed by atoms with Crippen LogP contribution in [-0.4, -0.2) is 63.2 Å². The number of hydrogen-bond acceptors (Lipinski definition) is 6. The predicted molar refractivity (Wildman–Crippen MR) is 177 cm³/mol. The van der Waals surface area contributed by atoms with Gasteiger partial charge < -0.3 is 19.1 Å². The van der Waals surface area contributed by atoms with Crippen LogP contribution < -0.4 is 14.2 Å². The Morgan fingerprint density at radius 1 is 0.791 bits per heavy atom. The zero-order valence-electron chi connectivity index (χ0n) is 27.0. The lowest BCUT2D eigenvalue weighted by Gasteiger charge is -2.36. The lowest BCUT2D eigenvalue weighted by Crippen LogP contribution is -2.49. The molecular formula is C36H50N2O4S. The summed E-state index contributed by atoms with van der Waals surface area (Å²) < 4.78 is 16.6. The number of amides is 1. The van der Waals surface area contributed by atoms with Crippen molar-refractivity contribution in [2.75, 3.05) is 47.5 Å². The Balaban J connectivity index is 1.18. The van der Waals surface area contributed by atoms with Crippen LogP contribution in [-0.2, 0) is 30.6 Å². The SMILES string of the molecule is COc1ccc(CN2CCN(C(=O)CC(C)(C)CCc3ccc(CCCCc4ccc(C)cc4)s3)CC2)c(OC)c1OC. The van der Waals surface area contributed by atoms with Crippen molar-refractivity contribution >= 4 is 17.2 Å². The summed E-state index contributed by atoms with van der Waals surface area (Å²) >= 11 is 1.95. The van der Waals surface area contributed by atoms with E-state index in [0.717, 1.165) is 64.0 Å². The van der Waals surface area contributed by atoms with E-state index in [1.807, 2.05) is 28.4 Å². The van der Waals surface area contributed by atoms with E-state index in [1.54, 1.807) is 21.3 Å². The Morgan fingerprint density at radius 3 is 2.09 bits per heavy atom. The molecule has 3 aromatic rings. The minimum absolute atomic E-state index is 0.0284. The molecule has 2 heterocycles. The van der Waals surface area contributed by atoms with Crippen molar-refractivity contribution in [1.82, 2.24) is 9.80 Å². The summed E-state index contributed by atoms with van der Waals surface area (Å²) in [6.45, 7) is 10.5. The van der Waals surface area contributed by atoms with Gasteiger partial charge in [0.15, 0.2) is 11.5 Å². The van der Waals surface area contributed by atoms with E-state index in [0.29, 0.717) is 23.7 Å². The molecular weight excluding hydrogens is 556 g/mol. The lowest BCUT2D eigenvalue weighted by molar-refractivity contribution is -0.135. The van der Waals surface area contributed by atoms with Crippen LogP contribution in [0.2, 0.25) is 0 Å². The first-order valence-corrected chi connectivity index (χ1v) is 16.4. The van der Waals surface area contributed by atoms with Gasteiger partial charge in [0.1, 0.15) is 0 Å². The summed E-state index contributed by atoms with van der Waals surface area (Å²) in [5.41, 5.74) is 3.79. The normalized spacial score (nSPS) is 14.1. The average molecular weight is 607 g/mol. The molecule has 6 nitrogen and oxygen atoms in total. The van der Waals surface area contributed by atoms with Gasteiger partial charge in [0.25, 0.3) is 0 Å². The summed E-state index contributed by atoms with van der Waals surface area (Å²) in [6, 6.07) is 17.5. The number of thiophene rings is 1. The molecule has 0 spiro atoms. The maximum absolute atomic E-state index is 13.3. The number of carbonyl (C=O) groups is 1. The number of aryl methyl sites for hydroxylation is 4. The van der Waals surface area contributed by atoms with E-state index in [-0.39, 0.29) is 11.3 Å². The van der Waals surface area contributed by atoms with Crippen LogP contribution in [0.3, 0.4) is 0 Å². The molecule has 0 aliphatic carbocycles. The third kappa shape index (κ3) is 9.48. The molecule has 1 aliphatic heterocycles. The van der Waals surface area contributed by atoms with Gasteiger partial charge in [0.2, 0.25) is 11.7 Å². The minimum atomic E-state index is -0.0284. The van der Waals surface area contributed by atoms with E-state index in [4.69, 9.17) is 14.2 Å². The second kappa shape index (κ2) is 15.6. The molecule has 0 unspecified atom stereocenters. The maximum atomic E-state index is 13.3. The quantitative estimate of drug-likeness (QED) is 0.170. The summed E-state index contributed by atoms with van der Waals surface area (Å²) in [4.78, 5) is 20.6. The molecule has 0 saturated carbocycles. The number of hydrogen-bond donors (Lipinski definition) is 0. The van der Waals surface area contributed by atoms with Crippen molar-refractivity contribution in [3.63, 3.8) is 0 Å². The highest BCUT2D eigenvalue weighted by molar-refractivity contribution is 7.11. The van der Waals surface area contributed by atoms with Crippen LogP contribution in [0, 0.1) is 12.3 Å². The van der Waals surface area contributed by atoms with Crippen LogP contribution in [0.15, 0.2) is 48.5 Å². The van der Waals surface area contributed by atoms with Gasteiger partial charge in [-0.2, -0.15) is 0 Å². The summed E-state index contributed by atoms with van der Waals surface area (Å²) in [5, 5.41) is 0. The third-order valence-corrected chi connectivity index (χ3v) is 9.76. The number of methoxy groups -OCH3 is 3. The summed E-state index contributed by atoms with van der Waals surface area (Å²) in [5.74, 6) is 2.25. The first-order chi connectivity index (χ1) is 20.7. The molecule has 1 amide bonds. The van der Waals surface area contributed by atoms with Gasteiger partial charge in [-0.05, 0) is 74.6 Å². The van der Waals surface area contributed by atoms with Crippen molar-refractivity contribution in [1.29, 1.82) is 0 Å². The maximum Gasteiger partial charge on any atom is 0.223 e. The van der Waals surface area contributed by atoms with Crippen LogP contribution in [0.25, 0.3) is 0 Å². The number of benzene rings is 2. The van der Waals surface area contributed by atoms with E-state index in [2.05, 4.69) is 62.1 Å². The van der Waals surface area contributed by atoms with Crippen molar-refractivity contribution in [2.24, 2.45) is 5.41 Å². The van der Waals surface area contributed by atoms with E-state index in [9.17, 15) is 4.79 Å². The van der Waals surface area contributed by atoms with Crippen LogP contribution in [0.5, 0.6) is 17.2 Å². The van der Waals surface area contributed by atoms with Gasteiger partial charge in [-0.1, -0.05) is 49.7 Å². The molecule has 0 atom stereocenters. The number of piperazine rings is 1. The van der Waals surface area contributed by atoms with Crippen LogP contribution in [0.4, 0.5) is 0 Å². The molecule has 43 heavy (non-hydrogen) atoms. The molecule has 2 aromatic carbocycles. The predicted octanol–water partition coefficient (Wildman–Crippen LogP) is 7.34. The van der Waals surface area contributed by atoms with E-state index in [1.165, 1.54) is 33.7 Å². The molecule has 1 fully saturated rings. The summed E-state index contributed by atoms with van der Waals surface area (Å²) in [7, 11) is 4.91. The van der Waals surface area contributed by atoms with Gasteiger partial charge in [-0.15, -0.1) is 11.3 Å². The van der Waals surface area contributed by atoms with Crippen molar-refractivity contribution in [2.45, 2.75) is 72.3 Å². The first kappa shape index (κ1) is 32.9. The first-order valence-electron chi connectivity index (χ1n) is 15.6. The third-order valence-electron chi connectivity index (χ3n) is 8.56. The lowest BCUT2D eigenvalue weighted by atomic mass is 9.83. The van der Waals surface area contributed by atoms with Crippen molar-refractivity contribution in [3.05, 3.63) is 75.0 Å². The van der Waals surface area contributed by atoms with E-state index >= 15 is 0 Å². The fraction of sp³-hybridized carbons (Fsp3) is 0.528. The molecule has 1 saturated heterocycles. The van der Waals surface area contributed by atoms with Gasteiger partial charge >= 0.3 is 0 Å². The monoisotopic (exact) mass is 606 g/mol. The van der Waals surface area contributed by atoms with Gasteiger partial charge in [-0.25, -0.2) is 0 Å². The molecule has 0 bridgehead atoms. The molecule has 0 N–H and O–H groups in total. The van der Waals surface area contributed by atoms with E-state index < -0.39 is 0 Å². The number of nitrogens with zero attached hydrogens (tertiary/aromatic N) is 2. The largest absolute Gasteiger partial charge is 0.493 e. The number of rotatable bonds is 15. The molecule has 4 rings (SSSR count). The van der Waals surface area contributed by atoms with Gasteiger partial charge in [-0.3, -0.25) is 9.69 Å². The Labute approximate surface area is 263 Å². The minimum Gasteiger partial charge on any atom is -0.493 e. The fourth-order valence-corrected chi connectivity index (χ4v) is 6.89. The molecule has 0 radical (unpaired) electrons. The highest BCUT2D eigenvalue weighted by Gasteiger charge is 2.28. The number of carbonyl (C=O) groups excluding carboxylic acids is 1. The second-order valence-electron chi connectivity index (χ2n) is 12.6. The average Bonchev–Trinajstić information content (AvgIpc) is 3.47. The van der Waals surface area contributed by atoms with Crippen molar-refractivity contribution < 1.29 is 19.0 Å². The number of ether oxygens (including phenoxy) is 3. The fourth-order valence-electron chi connectivity index (χ4n) is 5.83. The Kier molecular flexibility index (Phi) is 11.9. The Hall–Kier alpha value is -3.03. The molecule has 1 aliphatic rings. The smallest absolute Gasteiger partial charge is 0.223 e. The van der Waals surface area contributed by atoms with Gasteiger partial charge in [0, 0.05) is 54.5 Å². The topological polar surface area (TPSA) is 51.2 Å². The molecule has 1 aromatic heterocycles. The second-order valence-corrected chi connectivity index (χ2v) is 13.8. The van der Waals surface area contributed by atoms with Crippen molar-refractivity contribution in [3.8, 4) is 17.2 Å². The molecule has 234 valence electrons. The standard InChI is InChI=1S/C36H50N2O4S/c1-27-11-13-28(14-12-27)9-7-8-10-30-16-17-31(43-30)19-20-36(2,3)25-33(39)38-23-21-37(22-24-38)26-29-15-18-32(40-4)35(42-6)34(29)41-5/h11-18H,7-10,19-26H2,1-6H3. The highest BCUT2D eigenvalue weighted by atomic mass is 32.1. The zero-order valence-corrected chi connectivity index (χ0v) is 27.9. The Morgan fingerprint density at radius 2 is 1.44 bits per heavy atom. The van der Waals surface area contributed by atoms with Crippen LogP contribution >= 0.6 is 11.3 Å².